The van der Waals surface area contributed by atoms with Gasteiger partial charge in [0.1, 0.15) is 5.82 Å². The molecule has 0 spiro atoms. The molecule has 0 aromatic carbocycles. The van der Waals surface area contributed by atoms with Gasteiger partial charge in [0.25, 0.3) is 0 Å². The molecule has 82 valence electrons. The Labute approximate surface area is 98.1 Å². The normalized spacial score (nSPS) is 16.3. The highest BCUT2D eigenvalue weighted by Crippen LogP contribution is 2.37. The van der Waals surface area contributed by atoms with Crippen molar-refractivity contribution in [1.29, 1.82) is 0 Å². The number of aldehydes is 1. The zero-order valence-corrected chi connectivity index (χ0v) is 9.44. The van der Waals surface area contributed by atoms with Crippen molar-refractivity contribution in [1.82, 2.24) is 9.38 Å². The number of carbonyl (C=O) groups is 1. The Morgan fingerprint density at radius 2 is 2.31 bits per heavy atom. The van der Waals surface area contributed by atoms with Crippen LogP contribution in [0.3, 0.4) is 0 Å². The van der Waals surface area contributed by atoms with Crippen LogP contribution in [0.1, 0.15) is 41.4 Å². The fourth-order valence-corrected chi connectivity index (χ4v) is 2.48. The SMILES string of the molecule is O=Cc1cccn2c(C3CCC3)nc(Cl)c12. The van der Waals surface area contributed by atoms with Crippen LogP contribution in [0.2, 0.25) is 5.15 Å². The van der Waals surface area contributed by atoms with E-state index in [0.29, 0.717) is 16.6 Å². The highest BCUT2D eigenvalue weighted by Gasteiger charge is 2.25. The van der Waals surface area contributed by atoms with Gasteiger partial charge < -0.3 is 4.40 Å². The molecule has 1 saturated carbocycles. The molecule has 1 fully saturated rings. The standard InChI is InChI=1S/C12H11ClN2O/c13-11-10-9(7-16)5-2-6-15(10)12(14-11)8-3-1-4-8/h2,5-8H,1,3-4H2. The minimum absolute atomic E-state index is 0.435. The van der Waals surface area contributed by atoms with Crippen molar-refractivity contribution in [2.45, 2.75) is 25.2 Å². The Bertz CT molecular complexity index is 557. The lowest BCUT2D eigenvalue weighted by Gasteiger charge is -2.23. The van der Waals surface area contributed by atoms with Gasteiger partial charge in [0.15, 0.2) is 11.4 Å². The van der Waals surface area contributed by atoms with Crippen LogP contribution in [0, 0.1) is 0 Å². The number of hydrogen-bond acceptors (Lipinski definition) is 2. The average Bonchev–Trinajstić information content (AvgIpc) is 2.54. The molecule has 0 aliphatic heterocycles. The van der Waals surface area contributed by atoms with Gasteiger partial charge in [-0.15, -0.1) is 0 Å². The fourth-order valence-electron chi connectivity index (χ4n) is 2.19. The minimum Gasteiger partial charge on any atom is -0.301 e. The lowest BCUT2D eigenvalue weighted by Crippen LogP contribution is -2.12. The molecule has 2 aromatic heterocycles. The van der Waals surface area contributed by atoms with E-state index in [-0.39, 0.29) is 0 Å². The zero-order chi connectivity index (χ0) is 11.1. The van der Waals surface area contributed by atoms with E-state index in [1.54, 1.807) is 6.07 Å². The molecule has 2 heterocycles. The maximum atomic E-state index is 10.9. The maximum absolute atomic E-state index is 10.9. The van der Waals surface area contributed by atoms with Crippen LogP contribution >= 0.6 is 11.6 Å². The Balaban J connectivity index is 2.28. The second-order valence-corrected chi connectivity index (χ2v) is 4.55. The van der Waals surface area contributed by atoms with Crippen molar-refractivity contribution < 1.29 is 4.79 Å². The van der Waals surface area contributed by atoms with Crippen LogP contribution in [-0.4, -0.2) is 15.7 Å². The number of hydrogen-bond donors (Lipinski definition) is 0. The van der Waals surface area contributed by atoms with E-state index in [9.17, 15) is 4.79 Å². The Morgan fingerprint density at radius 1 is 1.50 bits per heavy atom. The van der Waals surface area contributed by atoms with Crippen molar-refractivity contribution >= 4 is 23.4 Å². The third-order valence-corrected chi connectivity index (χ3v) is 3.54. The Morgan fingerprint density at radius 3 is 2.94 bits per heavy atom. The smallest absolute Gasteiger partial charge is 0.155 e. The summed E-state index contributed by atoms with van der Waals surface area (Å²) in [5.41, 5.74) is 1.34. The molecular weight excluding hydrogens is 224 g/mol. The molecule has 4 heteroatoms. The van der Waals surface area contributed by atoms with E-state index in [1.165, 1.54) is 19.3 Å². The first-order valence-electron chi connectivity index (χ1n) is 5.43. The summed E-state index contributed by atoms with van der Waals surface area (Å²) in [5.74, 6) is 1.50. The van der Waals surface area contributed by atoms with Gasteiger partial charge in [-0.05, 0) is 25.0 Å². The van der Waals surface area contributed by atoms with Crippen molar-refractivity contribution in [2.75, 3.05) is 0 Å². The number of rotatable bonds is 2. The van der Waals surface area contributed by atoms with Gasteiger partial charge in [-0.1, -0.05) is 18.0 Å². The van der Waals surface area contributed by atoms with Gasteiger partial charge in [0, 0.05) is 17.7 Å². The molecule has 0 bridgehead atoms. The summed E-state index contributed by atoms with van der Waals surface area (Å²) in [4.78, 5) is 15.3. The summed E-state index contributed by atoms with van der Waals surface area (Å²) >= 11 is 6.10. The molecule has 1 aliphatic rings. The Hall–Kier alpha value is -1.35. The molecule has 0 unspecified atom stereocenters. The quantitative estimate of drug-likeness (QED) is 0.749. The van der Waals surface area contributed by atoms with Crippen LogP contribution in [0.4, 0.5) is 0 Å². The Kier molecular flexibility index (Phi) is 2.21. The molecule has 0 saturated heterocycles. The topological polar surface area (TPSA) is 34.4 Å². The summed E-state index contributed by atoms with van der Waals surface area (Å²) in [6, 6.07) is 3.62. The van der Waals surface area contributed by atoms with Gasteiger partial charge in [0.2, 0.25) is 0 Å². The van der Waals surface area contributed by atoms with Crippen LogP contribution in [0.25, 0.3) is 5.52 Å². The first-order valence-corrected chi connectivity index (χ1v) is 5.80. The highest BCUT2D eigenvalue weighted by molar-refractivity contribution is 6.33. The van der Waals surface area contributed by atoms with Gasteiger partial charge in [-0.2, -0.15) is 0 Å². The first kappa shape index (κ1) is 9.85. The number of carbonyl (C=O) groups excluding carboxylic acids is 1. The second kappa shape index (κ2) is 3.59. The lowest BCUT2D eigenvalue weighted by atomic mass is 9.85. The first-order chi connectivity index (χ1) is 7.81. The number of pyridine rings is 1. The number of halogens is 1. The third kappa shape index (κ3) is 1.28. The molecule has 0 amide bonds. The maximum Gasteiger partial charge on any atom is 0.155 e. The fraction of sp³-hybridized carbons (Fsp3) is 0.333. The van der Waals surface area contributed by atoms with E-state index in [1.807, 2.05) is 16.7 Å². The summed E-state index contributed by atoms with van der Waals surface area (Å²) in [7, 11) is 0. The number of fused-ring (bicyclic) bond motifs is 1. The molecule has 0 radical (unpaired) electrons. The van der Waals surface area contributed by atoms with Crippen LogP contribution in [0.5, 0.6) is 0 Å². The van der Waals surface area contributed by atoms with Crippen LogP contribution < -0.4 is 0 Å². The molecule has 0 N–H and O–H groups in total. The molecule has 1 aliphatic carbocycles. The van der Waals surface area contributed by atoms with Crippen LogP contribution in [-0.2, 0) is 0 Å². The molecular formula is C12H11ClN2O. The van der Waals surface area contributed by atoms with Gasteiger partial charge in [0.05, 0.1) is 5.52 Å². The summed E-state index contributed by atoms with van der Waals surface area (Å²) in [6.45, 7) is 0. The van der Waals surface area contributed by atoms with E-state index < -0.39 is 0 Å². The molecule has 3 nitrogen and oxygen atoms in total. The third-order valence-electron chi connectivity index (χ3n) is 3.28. The summed E-state index contributed by atoms with van der Waals surface area (Å²) in [5, 5.41) is 0.435. The van der Waals surface area contributed by atoms with Crippen molar-refractivity contribution in [3.05, 3.63) is 34.9 Å². The summed E-state index contributed by atoms with van der Waals surface area (Å²) < 4.78 is 1.95. The van der Waals surface area contributed by atoms with Crippen molar-refractivity contribution in [3.8, 4) is 0 Å². The van der Waals surface area contributed by atoms with Crippen molar-refractivity contribution in [2.24, 2.45) is 0 Å². The van der Waals surface area contributed by atoms with E-state index in [2.05, 4.69) is 4.98 Å². The number of aromatic nitrogens is 2. The highest BCUT2D eigenvalue weighted by atomic mass is 35.5. The van der Waals surface area contributed by atoms with E-state index >= 15 is 0 Å². The summed E-state index contributed by atoms with van der Waals surface area (Å²) in [6.07, 6.45) is 6.34. The minimum atomic E-state index is 0.435. The molecule has 0 atom stereocenters. The lowest BCUT2D eigenvalue weighted by molar-refractivity contribution is 0.112. The van der Waals surface area contributed by atoms with Gasteiger partial charge in [-0.3, -0.25) is 4.79 Å². The second-order valence-electron chi connectivity index (χ2n) is 4.19. The number of nitrogens with zero attached hydrogens (tertiary/aromatic N) is 2. The number of imidazole rings is 1. The largest absolute Gasteiger partial charge is 0.301 e. The van der Waals surface area contributed by atoms with Gasteiger partial charge >= 0.3 is 0 Å². The average molecular weight is 235 g/mol. The monoisotopic (exact) mass is 234 g/mol. The molecule has 2 aromatic rings. The molecule has 3 rings (SSSR count). The van der Waals surface area contributed by atoms with Gasteiger partial charge in [-0.25, -0.2) is 4.98 Å². The zero-order valence-electron chi connectivity index (χ0n) is 8.69. The van der Waals surface area contributed by atoms with Crippen LogP contribution in [0.15, 0.2) is 18.3 Å². The van der Waals surface area contributed by atoms with Crippen molar-refractivity contribution in [3.63, 3.8) is 0 Å². The predicted molar refractivity (Wildman–Crippen MR) is 62.2 cm³/mol. The molecule has 16 heavy (non-hydrogen) atoms. The van der Waals surface area contributed by atoms with E-state index in [0.717, 1.165) is 17.6 Å². The van der Waals surface area contributed by atoms with E-state index in [4.69, 9.17) is 11.6 Å². The predicted octanol–water partition coefficient (Wildman–Crippen LogP) is 3.07.